The molecule has 6 heteroatoms. The van der Waals surface area contributed by atoms with E-state index in [9.17, 15) is 14.4 Å². The van der Waals surface area contributed by atoms with Gasteiger partial charge in [-0.25, -0.2) is 0 Å². The third-order valence-electron chi connectivity index (χ3n) is 3.40. The maximum atomic E-state index is 12.0. The van der Waals surface area contributed by atoms with Crippen LogP contribution in [0.4, 0.5) is 5.69 Å². The molecular weight excluding hydrogens is 272 g/mol. The van der Waals surface area contributed by atoms with Gasteiger partial charge in [-0.2, -0.15) is 0 Å². The number of nitrogens with zero attached hydrogens (tertiary/aromatic N) is 1. The number of carboxylic acid groups (broad SMARTS) is 1. The number of nitrogens with one attached hydrogen (secondary N) is 1. The lowest BCUT2D eigenvalue weighted by Crippen LogP contribution is -2.51. The van der Waals surface area contributed by atoms with E-state index in [0.717, 1.165) is 5.56 Å². The fraction of sp³-hybridized carbons (Fsp3) is 0.400. The summed E-state index contributed by atoms with van der Waals surface area (Å²) in [6.45, 7) is 2.49. The zero-order valence-corrected chi connectivity index (χ0v) is 11.8. The van der Waals surface area contributed by atoms with E-state index in [-0.39, 0.29) is 24.2 Å². The zero-order chi connectivity index (χ0) is 15.4. The van der Waals surface area contributed by atoms with Crippen molar-refractivity contribution < 1.29 is 19.5 Å². The lowest BCUT2D eigenvalue weighted by Gasteiger charge is -2.38. The second-order valence-corrected chi connectivity index (χ2v) is 5.32. The number of benzene rings is 1. The normalized spacial score (nSPS) is 14.4. The Balaban J connectivity index is 1.81. The van der Waals surface area contributed by atoms with Gasteiger partial charge in [0.15, 0.2) is 0 Å². The summed E-state index contributed by atoms with van der Waals surface area (Å²) in [4.78, 5) is 35.1. The quantitative estimate of drug-likeness (QED) is 0.850. The Morgan fingerprint density at radius 1 is 1.24 bits per heavy atom. The monoisotopic (exact) mass is 290 g/mol. The summed E-state index contributed by atoms with van der Waals surface area (Å²) in [6.07, 6.45) is 0.412. The van der Waals surface area contributed by atoms with Crippen molar-refractivity contribution in [3.8, 4) is 0 Å². The van der Waals surface area contributed by atoms with Gasteiger partial charge in [-0.1, -0.05) is 12.1 Å². The summed E-state index contributed by atoms with van der Waals surface area (Å²) in [6, 6.07) is 7.12. The lowest BCUT2D eigenvalue weighted by atomic mass is 9.95. The topological polar surface area (TPSA) is 86.7 Å². The number of carboxylic acids is 1. The van der Waals surface area contributed by atoms with Gasteiger partial charge in [0.25, 0.3) is 0 Å². The van der Waals surface area contributed by atoms with Crippen molar-refractivity contribution in [2.75, 3.05) is 18.4 Å². The maximum absolute atomic E-state index is 12.0. The van der Waals surface area contributed by atoms with E-state index in [4.69, 9.17) is 5.11 Å². The van der Waals surface area contributed by atoms with Gasteiger partial charge in [-0.3, -0.25) is 14.4 Å². The Kier molecular flexibility index (Phi) is 4.57. The smallest absolute Gasteiger partial charge is 0.303 e. The van der Waals surface area contributed by atoms with Crippen LogP contribution in [-0.4, -0.2) is 40.9 Å². The van der Waals surface area contributed by atoms with Crippen LogP contribution in [0.3, 0.4) is 0 Å². The minimum absolute atomic E-state index is 0.00363. The van der Waals surface area contributed by atoms with Crippen LogP contribution in [0.2, 0.25) is 0 Å². The van der Waals surface area contributed by atoms with Crippen LogP contribution in [0, 0.1) is 5.92 Å². The van der Waals surface area contributed by atoms with E-state index in [2.05, 4.69) is 5.32 Å². The molecule has 1 aliphatic heterocycles. The van der Waals surface area contributed by atoms with Gasteiger partial charge in [-0.15, -0.1) is 0 Å². The molecule has 2 amide bonds. The molecule has 0 atom stereocenters. The fourth-order valence-corrected chi connectivity index (χ4v) is 2.35. The van der Waals surface area contributed by atoms with Gasteiger partial charge in [0.05, 0.1) is 12.8 Å². The van der Waals surface area contributed by atoms with Crippen molar-refractivity contribution in [3.05, 3.63) is 29.8 Å². The van der Waals surface area contributed by atoms with Gasteiger partial charge < -0.3 is 15.3 Å². The largest absolute Gasteiger partial charge is 0.481 e. The number of hydrogen-bond donors (Lipinski definition) is 2. The standard InChI is InChI=1S/C15H18N2O4/c1-10(18)16-13-4-2-11(3-5-13)6-14(19)17-8-12(9-17)7-15(20)21/h2-5,12H,6-9H2,1H3,(H,16,18)(H,20,21). The summed E-state index contributed by atoms with van der Waals surface area (Å²) < 4.78 is 0. The van der Waals surface area contributed by atoms with E-state index in [0.29, 0.717) is 25.2 Å². The molecule has 0 aliphatic carbocycles. The molecule has 6 nitrogen and oxygen atoms in total. The number of hydrogen-bond acceptors (Lipinski definition) is 3. The van der Waals surface area contributed by atoms with Crippen LogP contribution in [0.1, 0.15) is 18.9 Å². The molecule has 1 heterocycles. The van der Waals surface area contributed by atoms with Crippen LogP contribution >= 0.6 is 0 Å². The Morgan fingerprint density at radius 3 is 2.38 bits per heavy atom. The number of rotatable bonds is 5. The van der Waals surface area contributed by atoms with Crippen LogP contribution in [0.25, 0.3) is 0 Å². The molecule has 2 N–H and O–H groups in total. The van der Waals surface area contributed by atoms with Crippen LogP contribution in [0.15, 0.2) is 24.3 Å². The second-order valence-electron chi connectivity index (χ2n) is 5.32. The number of anilines is 1. The number of amides is 2. The number of aliphatic carboxylic acids is 1. The van der Waals surface area contributed by atoms with Gasteiger partial charge in [0, 0.05) is 31.6 Å². The minimum atomic E-state index is -0.819. The van der Waals surface area contributed by atoms with Crippen LogP contribution < -0.4 is 5.32 Å². The van der Waals surface area contributed by atoms with E-state index < -0.39 is 5.97 Å². The molecule has 0 bridgehead atoms. The summed E-state index contributed by atoms with van der Waals surface area (Å²) >= 11 is 0. The van der Waals surface area contributed by atoms with E-state index >= 15 is 0 Å². The molecule has 1 aromatic carbocycles. The second kappa shape index (κ2) is 6.39. The van der Waals surface area contributed by atoms with E-state index in [1.54, 1.807) is 29.2 Å². The summed E-state index contributed by atoms with van der Waals surface area (Å²) in [5, 5.41) is 11.3. The van der Waals surface area contributed by atoms with Crippen molar-refractivity contribution in [2.45, 2.75) is 19.8 Å². The minimum Gasteiger partial charge on any atom is -0.481 e. The molecule has 1 saturated heterocycles. The third-order valence-corrected chi connectivity index (χ3v) is 3.40. The molecule has 1 aromatic rings. The molecule has 0 spiro atoms. The molecule has 0 aromatic heterocycles. The average Bonchev–Trinajstić information content (AvgIpc) is 2.34. The predicted octanol–water partition coefficient (Wildman–Crippen LogP) is 1.12. The highest BCUT2D eigenvalue weighted by molar-refractivity contribution is 5.88. The number of carbonyl (C=O) groups excluding carboxylic acids is 2. The van der Waals surface area contributed by atoms with Gasteiger partial charge >= 0.3 is 5.97 Å². The molecule has 112 valence electrons. The van der Waals surface area contributed by atoms with Gasteiger partial charge in [0.1, 0.15) is 0 Å². The lowest BCUT2D eigenvalue weighted by molar-refractivity contribution is -0.144. The first-order chi connectivity index (χ1) is 9.94. The van der Waals surface area contributed by atoms with Crippen molar-refractivity contribution >= 4 is 23.5 Å². The van der Waals surface area contributed by atoms with Crippen molar-refractivity contribution in [3.63, 3.8) is 0 Å². The average molecular weight is 290 g/mol. The van der Waals surface area contributed by atoms with Crippen molar-refractivity contribution in [1.29, 1.82) is 0 Å². The highest BCUT2D eigenvalue weighted by Gasteiger charge is 2.31. The first-order valence-corrected chi connectivity index (χ1v) is 6.80. The molecular formula is C15H18N2O4. The van der Waals surface area contributed by atoms with Crippen LogP contribution in [0.5, 0.6) is 0 Å². The fourth-order valence-electron chi connectivity index (χ4n) is 2.35. The summed E-state index contributed by atoms with van der Waals surface area (Å²) in [5.41, 5.74) is 1.57. The Hall–Kier alpha value is -2.37. The van der Waals surface area contributed by atoms with Crippen LogP contribution in [-0.2, 0) is 20.8 Å². The predicted molar refractivity (Wildman–Crippen MR) is 76.8 cm³/mol. The summed E-state index contributed by atoms with van der Waals surface area (Å²) in [5.74, 6) is -0.873. The van der Waals surface area contributed by atoms with Gasteiger partial charge in [-0.05, 0) is 17.7 Å². The Labute approximate surface area is 122 Å². The molecule has 0 radical (unpaired) electrons. The van der Waals surface area contributed by atoms with Gasteiger partial charge in [0.2, 0.25) is 11.8 Å². The van der Waals surface area contributed by atoms with E-state index in [1.165, 1.54) is 6.92 Å². The first kappa shape index (κ1) is 15.0. The number of carbonyl (C=O) groups is 3. The van der Waals surface area contributed by atoms with E-state index in [1.807, 2.05) is 0 Å². The molecule has 0 saturated carbocycles. The molecule has 1 fully saturated rings. The summed E-state index contributed by atoms with van der Waals surface area (Å²) in [7, 11) is 0. The third kappa shape index (κ3) is 4.30. The zero-order valence-electron chi connectivity index (χ0n) is 11.8. The molecule has 2 rings (SSSR count). The first-order valence-electron chi connectivity index (χ1n) is 6.80. The SMILES string of the molecule is CC(=O)Nc1ccc(CC(=O)N2CC(CC(=O)O)C2)cc1. The Morgan fingerprint density at radius 2 is 1.86 bits per heavy atom. The highest BCUT2D eigenvalue weighted by Crippen LogP contribution is 2.20. The maximum Gasteiger partial charge on any atom is 0.303 e. The van der Waals surface area contributed by atoms with Crippen molar-refractivity contribution in [2.24, 2.45) is 5.92 Å². The Bertz CT molecular complexity index is 547. The van der Waals surface area contributed by atoms with Crippen molar-refractivity contribution in [1.82, 2.24) is 4.90 Å². The number of likely N-dealkylation sites (tertiary alicyclic amines) is 1. The molecule has 21 heavy (non-hydrogen) atoms. The molecule has 0 unspecified atom stereocenters. The highest BCUT2D eigenvalue weighted by atomic mass is 16.4. The molecule has 1 aliphatic rings.